The largest absolute Gasteiger partial charge is 0.330 e. The van der Waals surface area contributed by atoms with Gasteiger partial charge in [-0.15, -0.1) is 0 Å². The van der Waals surface area contributed by atoms with Crippen LogP contribution in [0.3, 0.4) is 0 Å². The Hall–Kier alpha value is -1.80. The third kappa shape index (κ3) is 12.3. The molecule has 0 spiro atoms. The zero-order valence-electron chi connectivity index (χ0n) is 20.6. The Labute approximate surface area is 201 Å². The van der Waals surface area contributed by atoms with Gasteiger partial charge in [0.05, 0.1) is 0 Å². The van der Waals surface area contributed by atoms with Gasteiger partial charge in [-0.1, -0.05) is 35.9 Å². The molecular weight excluding hydrogens is 408 g/mol. The Morgan fingerprint density at radius 1 is 0.545 bits per heavy atom. The highest BCUT2D eigenvalue weighted by Crippen LogP contribution is 2.23. The molecule has 0 aliphatic carbocycles. The van der Waals surface area contributed by atoms with Crippen molar-refractivity contribution in [2.45, 2.75) is 45.7 Å². The molecule has 0 amide bonds. The highest BCUT2D eigenvalue weighted by molar-refractivity contribution is 5.65. The van der Waals surface area contributed by atoms with Gasteiger partial charge in [0.2, 0.25) is 0 Å². The Morgan fingerprint density at radius 2 is 1.00 bits per heavy atom. The van der Waals surface area contributed by atoms with E-state index in [2.05, 4.69) is 70.7 Å². The van der Waals surface area contributed by atoms with Crippen molar-refractivity contribution in [3.05, 3.63) is 59.2 Å². The molecule has 0 aliphatic rings. The Kier molecular flexibility index (Phi) is 14.7. The molecule has 33 heavy (non-hydrogen) atoms. The molecule has 0 saturated heterocycles. The first kappa shape index (κ1) is 27.4. The molecule has 184 valence electrons. The van der Waals surface area contributed by atoms with E-state index >= 15 is 0 Å². The minimum absolute atomic E-state index is 0.755. The number of aryl methyl sites for hydroxylation is 1. The predicted octanol–water partition coefficient (Wildman–Crippen LogP) is 2.50. The first-order chi connectivity index (χ1) is 16.2. The summed E-state index contributed by atoms with van der Waals surface area (Å²) in [5.74, 6) is 0. The Balaban J connectivity index is 1.86. The maximum Gasteiger partial charge on any atom is 0.0205 e. The van der Waals surface area contributed by atoms with Crippen molar-refractivity contribution >= 4 is 0 Å². The molecule has 0 radical (unpaired) electrons. The van der Waals surface area contributed by atoms with Crippen LogP contribution in [0.15, 0.2) is 42.5 Å². The quantitative estimate of drug-likeness (QED) is 0.182. The lowest BCUT2D eigenvalue weighted by Crippen LogP contribution is -2.24. The van der Waals surface area contributed by atoms with Gasteiger partial charge in [0.25, 0.3) is 0 Å². The fraction of sp³-hybridized carbons (Fsp3) is 0.556. The summed E-state index contributed by atoms with van der Waals surface area (Å²) in [6.45, 7) is 11.5. The van der Waals surface area contributed by atoms with E-state index in [0.717, 1.165) is 91.1 Å². The topological polar surface area (TPSA) is 100 Å². The van der Waals surface area contributed by atoms with Crippen molar-refractivity contribution < 1.29 is 0 Å². The lowest BCUT2D eigenvalue weighted by atomic mass is 9.98. The van der Waals surface area contributed by atoms with Crippen LogP contribution in [-0.4, -0.2) is 52.4 Å². The van der Waals surface area contributed by atoms with Crippen LogP contribution < -0.4 is 32.7 Å². The van der Waals surface area contributed by atoms with E-state index < -0.39 is 0 Å². The zero-order valence-corrected chi connectivity index (χ0v) is 20.6. The van der Waals surface area contributed by atoms with Crippen LogP contribution in [0.4, 0.5) is 0 Å². The molecule has 6 nitrogen and oxygen atoms in total. The summed E-state index contributed by atoms with van der Waals surface area (Å²) in [6.07, 6.45) is 4.33. The summed E-state index contributed by atoms with van der Waals surface area (Å²) in [6, 6.07) is 15.8. The van der Waals surface area contributed by atoms with Crippen molar-refractivity contribution in [2.24, 2.45) is 11.5 Å². The first-order valence-corrected chi connectivity index (χ1v) is 12.7. The normalized spacial score (nSPS) is 11.2. The Bertz CT molecular complexity index is 709. The summed E-state index contributed by atoms with van der Waals surface area (Å²) >= 11 is 0. The highest BCUT2D eigenvalue weighted by Gasteiger charge is 2.05. The third-order valence-corrected chi connectivity index (χ3v) is 5.63. The summed E-state index contributed by atoms with van der Waals surface area (Å²) < 4.78 is 0. The van der Waals surface area contributed by atoms with Crippen LogP contribution in [-0.2, 0) is 13.1 Å². The van der Waals surface area contributed by atoms with Gasteiger partial charge >= 0.3 is 0 Å². The van der Waals surface area contributed by atoms with Gasteiger partial charge in [-0.3, -0.25) is 0 Å². The van der Waals surface area contributed by atoms with E-state index in [1.165, 1.54) is 27.8 Å². The maximum atomic E-state index is 5.53. The van der Waals surface area contributed by atoms with E-state index in [0.29, 0.717) is 0 Å². The fourth-order valence-corrected chi connectivity index (χ4v) is 3.73. The molecule has 6 heteroatoms. The summed E-state index contributed by atoms with van der Waals surface area (Å²) in [5, 5.41) is 14.1. The molecule has 0 fully saturated rings. The second-order valence-corrected chi connectivity index (χ2v) is 8.75. The van der Waals surface area contributed by atoms with Crippen LogP contribution in [0.1, 0.15) is 42.4 Å². The van der Waals surface area contributed by atoms with Gasteiger partial charge in [0.1, 0.15) is 0 Å². The lowest BCUT2D eigenvalue weighted by molar-refractivity contribution is 0.583. The molecule has 0 heterocycles. The summed E-state index contributed by atoms with van der Waals surface area (Å²) in [5.41, 5.74) is 17.6. The van der Waals surface area contributed by atoms with Crippen LogP contribution in [0.5, 0.6) is 0 Å². The minimum atomic E-state index is 0.755. The van der Waals surface area contributed by atoms with Gasteiger partial charge in [-0.2, -0.15) is 0 Å². The molecular formula is C27H46N6. The molecule has 0 aliphatic heterocycles. The smallest absolute Gasteiger partial charge is 0.0205 e. The zero-order chi connectivity index (χ0) is 23.6. The average molecular weight is 455 g/mol. The number of hydrogen-bond donors (Lipinski definition) is 6. The SMILES string of the molecule is Cc1ccc(-c2cc(CNCCCNCCCN)cc(CNCCCNCCCN)c2)cc1. The van der Waals surface area contributed by atoms with Gasteiger partial charge in [0, 0.05) is 13.1 Å². The summed E-state index contributed by atoms with van der Waals surface area (Å²) in [4.78, 5) is 0. The van der Waals surface area contributed by atoms with Crippen molar-refractivity contribution in [3.63, 3.8) is 0 Å². The first-order valence-electron chi connectivity index (χ1n) is 12.7. The van der Waals surface area contributed by atoms with Gasteiger partial charge in [-0.25, -0.2) is 0 Å². The monoisotopic (exact) mass is 454 g/mol. The number of nitrogens with one attached hydrogen (secondary N) is 4. The predicted molar refractivity (Wildman–Crippen MR) is 142 cm³/mol. The molecule has 2 aromatic rings. The van der Waals surface area contributed by atoms with Gasteiger partial charge in [0.15, 0.2) is 0 Å². The van der Waals surface area contributed by atoms with Gasteiger partial charge in [-0.05, 0) is 119 Å². The average Bonchev–Trinajstić information content (AvgIpc) is 2.83. The summed E-state index contributed by atoms with van der Waals surface area (Å²) in [7, 11) is 0. The third-order valence-electron chi connectivity index (χ3n) is 5.63. The number of benzene rings is 2. The molecule has 0 aromatic heterocycles. The van der Waals surface area contributed by atoms with Gasteiger partial charge < -0.3 is 32.7 Å². The molecule has 0 bridgehead atoms. The highest BCUT2D eigenvalue weighted by atomic mass is 14.9. The molecule has 0 saturated carbocycles. The standard InChI is InChI=1S/C27H46N6/c1-23-6-8-26(9-7-23)27-19-24(21-32-16-4-14-30-12-2-10-28)18-25(20-27)22-33-17-5-15-31-13-3-11-29/h6-9,18-20,30-33H,2-5,10-17,21-22,28-29H2,1H3. The number of nitrogens with two attached hydrogens (primary N) is 2. The Morgan fingerprint density at radius 3 is 1.48 bits per heavy atom. The molecule has 2 rings (SSSR count). The second-order valence-electron chi connectivity index (χ2n) is 8.75. The molecule has 8 N–H and O–H groups in total. The van der Waals surface area contributed by atoms with E-state index in [1.807, 2.05) is 0 Å². The molecule has 0 atom stereocenters. The second kappa shape index (κ2) is 17.6. The van der Waals surface area contributed by atoms with E-state index in [-0.39, 0.29) is 0 Å². The fourth-order valence-electron chi connectivity index (χ4n) is 3.73. The van der Waals surface area contributed by atoms with Crippen LogP contribution >= 0.6 is 0 Å². The van der Waals surface area contributed by atoms with Crippen molar-refractivity contribution in [1.29, 1.82) is 0 Å². The minimum Gasteiger partial charge on any atom is -0.330 e. The van der Waals surface area contributed by atoms with E-state index in [9.17, 15) is 0 Å². The van der Waals surface area contributed by atoms with Crippen LogP contribution in [0, 0.1) is 6.92 Å². The number of hydrogen-bond acceptors (Lipinski definition) is 6. The van der Waals surface area contributed by atoms with E-state index in [1.54, 1.807) is 0 Å². The van der Waals surface area contributed by atoms with Crippen molar-refractivity contribution in [3.8, 4) is 11.1 Å². The van der Waals surface area contributed by atoms with Crippen molar-refractivity contribution in [2.75, 3.05) is 52.4 Å². The van der Waals surface area contributed by atoms with Crippen LogP contribution in [0.2, 0.25) is 0 Å². The van der Waals surface area contributed by atoms with Crippen LogP contribution in [0.25, 0.3) is 11.1 Å². The maximum absolute atomic E-state index is 5.53. The lowest BCUT2D eigenvalue weighted by Gasteiger charge is -2.13. The number of rotatable bonds is 19. The van der Waals surface area contributed by atoms with E-state index in [4.69, 9.17) is 11.5 Å². The molecule has 2 aromatic carbocycles. The molecule has 0 unspecified atom stereocenters. The van der Waals surface area contributed by atoms with Crippen molar-refractivity contribution in [1.82, 2.24) is 21.3 Å².